The number of nitrogens with zero attached hydrogens (tertiary/aromatic N) is 1. The van der Waals surface area contributed by atoms with E-state index in [2.05, 4.69) is 5.32 Å². The van der Waals surface area contributed by atoms with E-state index in [1.165, 1.54) is 0 Å². The highest BCUT2D eigenvalue weighted by molar-refractivity contribution is 7.92. The van der Waals surface area contributed by atoms with Crippen LogP contribution in [0.15, 0.2) is 78.9 Å². The van der Waals surface area contributed by atoms with E-state index >= 15 is 0 Å². The van der Waals surface area contributed by atoms with Crippen LogP contribution < -0.4 is 19.1 Å². The fourth-order valence-corrected chi connectivity index (χ4v) is 3.88. The Morgan fingerprint density at radius 2 is 1.56 bits per heavy atom. The van der Waals surface area contributed by atoms with Crippen molar-refractivity contribution >= 4 is 27.3 Å². The van der Waals surface area contributed by atoms with Gasteiger partial charge in [0.2, 0.25) is 15.9 Å². The van der Waals surface area contributed by atoms with Crippen molar-refractivity contribution in [2.45, 2.75) is 13.5 Å². The lowest BCUT2D eigenvalue weighted by Crippen LogP contribution is -2.37. The number of ether oxygens (including phenoxy) is 2. The van der Waals surface area contributed by atoms with Crippen molar-refractivity contribution < 1.29 is 22.7 Å². The third kappa shape index (κ3) is 6.49. The molecule has 3 rings (SSSR count). The van der Waals surface area contributed by atoms with Crippen molar-refractivity contribution in [1.82, 2.24) is 0 Å². The lowest BCUT2D eigenvalue weighted by Gasteiger charge is -2.22. The number of amides is 1. The van der Waals surface area contributed by atoms with Gasteiger partial charge in [-0.2, -0.15) is 0 Å². The summed E-state index contributed by atoms with van der Waals surface area (Å²) in [4.78, 5) is 12.6. The summed E-state index contributed by atoms with van der Waals surface area (Å²) in [6.07, 6.45) is 1.06. The summed E-state index contributed by atoms with van der Waals surface area (Å²) in [6, 6.07) is 23.3. The number of benzene rings is 3. The van der Waals surface area contributed by atoms with Gasteiger partial charge in [-0.3, -0.25) is 9.10 Å². The predicted octanol–water partition coefficient (Wildman–Crippen LogP) is 4.07. The van der Waals surface area contributed by atoms with E-state index in [1.807, 2.05) is 37.3 Å². The van der Waals surface area contributed by atoms with Crippen LogP contribution in [0.4, 0.5) is 11.4 Å². The number of carbonyl (C=O) groups is 1. The minimum atomic E-state index is -3.69. The Morgan fingerprint density at radius 1 is 0.906 bits per heavy atom. The average Bonchev–Trinajstić information content (AvgIpc) is 2.78. The molecule has 0 heterocycles. The molecule has 3 aromatic rings. The molecule has 1 N–H and O–H groups in total. The summed E-state index contributed by atoms with van der Waals surface area (Å²) in [5, 5.41) is 2.72. The molecule has 0 saturated carbocycles. The van der Waals surface area contributed by atoms with E-state index in [1.54, 1.807) is 48.5 Å². The van der Waals surface area contributed by atoms with Gasteiger partial charge in [-0.15, -0.1) is 0 Å². The maximum absolute atomic E-state index is 12.6. The summed E-state index contributed by atoms with van der Waals surface area (Å²) in [5.41, 5.74) is 1.88. The summed E-state index contributed by atoms with van der Waals surface area (Å²) < 4.78 is 37.0. The molecule has 0 radical (unpaired) electrons. The lowest BCUT2D eigenvalue weighted by atomic mass is 10.2. The SMILES string of the molecule is CCOc1ccccc1NC(=O)CN(c1ccc(OCc2ccccc2)cc1)S(C)(=O)=O. The number of anilines is 2. The largest absolute Gasteiger partial charge is 0.492 e. The van der Waals surface area contributed by atoms with Crippen molar-refractivity contribution in [2.75, 3.05) is 29.0 Å². The molecule has 8 heteroatoms. The van der Waals surface area contributed by atoms with Crippen molar-refractivity contribution in [3.05, 3.63) is 84.4 Å². The summed E-state index contributed by atoms with van der Waals surface area (Å²) in [5.74, 6) is 0.641. The number of hydrogen-bond donors (Lipinski definition) is 1. The van der Waals surface area contributed by atoms with Crippen LogP contribution >= 0.6 is 0 Å². The third-order valence-corrected chi connectivity index (χ3v) is 5.66. The van der Waals surface area contributed by atoms with E-state index in [0.717, 1.165) is 16.1 Å². The number of sulfonamides is 1. The van der Waals surface area contributed by atoms with E-state index in [9.17, 15) is 13.2 Å². The first-order valence-corrected chi connectivity index (χ1v) is 12.0. The molecule has 0 aliphatic rings. The van der Waals surface area contributed by atoms with Crippen molar-refractivity contribution in [1.29, 1.82) is 0 Å². The second-order valence-electron chi connectivity index (χ2n) is 7.02. The number of hydrogen-bond acceptors (Lipinski definition) is 5. The minimum Gasteiger partial charge on any atom is -0.492 e. The molecular weight excluding hydrogens is 428 g/mol. The molecule has 168 valence electrons. The molecule has 0 saturated heterocycles. The Kier molecular flexibility index (Phi) is 7.72. The number of carbonyl (C=O) groups excluding carboxylic acids is 1. The van der Waals surface area contributed by atoms with E-state index in [4.69, 9.17) is 9.47 Å². The van der Waals surface area contributed by atoms with E-state index in [0.29, 0.717) is 36.1 Å². The van der Waals surface area contributed by atoms with Crippen molar-refractivity contribution in [3.8, 4) is 11.5 Å². The summed E-state index contributed by atoms with van der Waals surface area (Å²) in [6.45, 7) is 2.32. The van der Waals surface area contributed by atoms with Crippen LogP contribution in [0.1, 0.15) is 12.5 Å². The second-order valence-corrected chi connectivity index (χ2v) is 8.92. The van der Waals surface area contributed by atoms with Gasteiger partial charge in [-0.1, -0.05) is 42.5 Å². The zero-order valence-electron chi connectivity index (χ0n) is 18.0. The van der Waals surface area contributed by atoms with Gasteiger partial charge in [0.15, 0.2) is 0 Å². The lowest BCUT2D eigenvalue weighted by molar-refractivity contribution is -0.114. The summed E-state index contributed by atoms with van der Waals surface area (Å²) >= 11 is 0. The maximum Gasteiger partial charge on any atom is 0.245 e. The number of para-hydroxylation sites is 2. The molecule has 0 unspecified atom stereocenters. The predicted molar refractivity (Wildman–Crippen MR) is 126 cm³/mol. The molecule has 1 amide bonds. The fraction of sp³-hybridized carbons (Fsp3) is 0.208. The molecule has 0 fully saturated rings. The first-order chi connectivity index (χ1) is 15.4. The molecule has 0 bridgehead atoms. The Balaban J connectivity index is 1.69. The average molecular weight is 455 g/mol. The zero-order chi connectivity index (χ0) is 23.0. The van der Waals surface area contributed by atoms with Gasteiger partial charge in [0.25, 0.3) is 0 Å². The Labute approximate surface area is 188 Å². The highest BCUT2D eigenvalue weighted by atomic mass is 32.2. The fourth-order valence-electron chi connectivity index (χ4n) is 3.02. The third-order valence-electron chi connectivity index (χ3n) is 4.52. The normalized spacial score (nSPS) is 10.9. The minimum absolute atomic E-state index is 0.368. The summed E-state index contributed by atoms with van der Waals surface area (Å²) in [7, 11) is -3.69. The van der Waals surface area contributed by atoms with Crippen LogP contribution in [0.2, 0.25) is 0 Å². The van der Waals surface area contributed by atoms with Crippen LogP contribution in [0.5, 0.6) is 11.5 Å². The number of nitrogens with one attached hydrogen (secondary N) is 1. The van der Waals surface area contributed by atoms with Crippen molar-refractivity contribution in [3.63, 3.8) is 0 Å². The van der Waals surface area contributed by atoms with Gasteiger partial charge in [-0.25, -0.2) is 8.42 Å². The van der Waals surface area contributed by atoms with Crippen LogP contribution in [0.25, 0.3) is 0 Å². The monoisotopic (exact) mass is 454 g/mol. The molecule has 0 aliphatic heterocycles. The van der Waals surface area contributed by atoms with Crippen LogP contribution in [0, 0.1) is 0 Å². The maximum atomic E-state index is 12.6. The Bertz CT molecular complexity index is 1130. The van der Waals surface area contributed by atoms with E-state index in [-0.39, 0.29) is 6.54 Å². The highest BCUT2D eigenvalue weighted by Gasteiger charge is 2.21. The zero-order valence-corrected chi connectivity index (χ0v) is 18.8. The standard InChI is InChI=1S/C24H26N2O5S/c1-3-30-23-12-8-7-11-22(23)25-24(27)17-26(32(2,28)29)20-13-15-21(16-14-20)31-18-19-9-5-4-6-10-19/h4-16H,3,17-18H2,1-2H3,(H,25,27). The first kappa shape index (κ1) is 23.1. The molecule has 0 aliphatic carbocycles. The topological polar surface area (TPSA) is 84.9 Å². The first-order valence-electron chi connectivity index (χ1n) is 10.1. The van der Waals surface area contributed by atoms with Gasteiger partial charge >= 0.3 is 0 Å². The van der Waals surface area contributed by atoms with E-state index < -0.39 is 15.9 Å². The van der Waals surface area contributed by atoms with Gasteiger partial charge in [0.05, 0.1) is 24.2 Å². The molecule has 3 aromatic carbocycles. The Hall–Kier alpha value is -3.52. The second kappa shape index (κ2) is 10.7. The van der Waals surface area contributed by atoms with Gasteiger partial charge in [0.1, 0.15) is 24.7 Å². The molecule has 32 heavy (non-hydrogen) atoms. The molecular formula is C24H26N2O5S. The van der Waals surface area contributed by atoms with Crippen molar-refractivity contribution in [2.24, 2.45) is 0 Å². The van der Waals surface area contributed by atoms with Gasteiger partial charge in [0, 0.05) is 0 Å². The molecule has 0 aromatic heterocycles. The number of rotatable bonds is 10. The smallest absolute Gasteiger partial charge is 0.245 e. The highest BCUT2D eigenvalue weighted by Crippen LogP contribution is 2.25. The van der Waals surface area contributed by atoms with Gasteiger partial charge in [-0.05, 0) is 48.9 Å². The van der Waals surface area contributed by atoms with Crippen LogP contribution in [-0.2, 0) is 21.4 Å². The molecule has 0 atom stereocenters. The van der Waals surface area contributed by atoms with Crippen LogP contribution in [-0.4, -0.2) is 33.7 Å². The van der Waals surface area contributed by atoms with Crippen LogP contribution in [0.3, 0.4) is 0 Å². The van der Waals surface area contributed by atoms with Gasteiger partial charge < -0.3 is 14.8 Å². The molecule has 7 nitrogen and oxygen atoms in total. The quantitative estimate of drug-likeness (QED) is 0.499. The molecule has 0 spiro atoms. The Morgan fingerprint density at radius 3 is 2.22 bits per heavy atom.